The summed E-state index contributed by atoms with van der Waals surface area (Å²) in [7, 11) is -4.20. The van der Waals surface area contributed by atoms with Crippen molar-refractivity contribution in [2.45, 2.75) is 50.2 Å². The second-order valence-electron chi connectivity index (χ2n) is 8.69. The van der Waals surface area contributed by atoms with Crippen LogP contribution in [0.15, 0.2) is 40.2 Å². The van der Waals surface area contributed by atoms with Crippen LogP contribution >= 0.6 is 0 Å². The molecule has 166 valence electrons. The van der Waals surface area contributed by atoms with Crippen LogP contribution in [0.2, 0.25) is 0 Å². The lowest BCUT2D eigenvalue weighted by Gasteiger charge is -2.34. The average molecular weight is 447 g/mol. The summed E-state index contributed by atoms with van der Waals surface area (Å²) < 4.78 is 33.7. The molecule has 0 aliphatic carbocycles. The summed E-state index contributed by atoms with van der Waals surface area (Å²) in [5.41, 5.74) is -0.239. The van der Waals surface area contributed by atoms with Crippen LogP contribution in [-0.2, 0) is 14.8 Å². The van der Waals surface area contributed by atoms with E-state index in [9.17, 15) is 18.0 Å². The first kappa shape index (κ1) is 21.4. The topological polar surface area (TPSA) is 124 Å². The maximum absolute atomic E-state index is 13.7. The molecule has 1 saturated heterocycles. The Morgan fingerprint density at radius 1 is 1.13 bits per heavy atom. The highest BCUT2D eigenvalue weighted by Crippen LogP contribution is 2.29. The molecule has 3 aromatic rings. The lowest BCUT2D eigenvalue weighted by molar-refractivity contribution is 0.0319. The molecular formula is C21H26N4O5S. The van der Waals surface area contributed by atoms with Gasteiger partial charge in [-0.15, -0.1) is 0 Å². The Bertz CT molecular complexity index is 1300. The molecule has 3 N–H and O–H groups in total. The normalized spacial score (nSPS) is 16.0. The van der Waals surface area contributed by atoms with Crippen molar-refractivity contribution in [1.29, 1.82) is 0 Å². The predicted octanol–water partition coefficient (Wildman–Crippen LogP) is 2.69. The van der Waals surface area contributed by atoms with Crippen molar-refractivity contribution in [3.8, 4) is 0 Å². The zero-order chi connectivity index (χ0) is 22.4. The molecule has 3 heterocycles. The summed E-state index contributed by atoms with van der Waals surface area (Å²) >= 11 is 0. The molecule has 1 amide bonds. The van der Waals surface area contributed by atoms with E-state index < -0.39 is 27.8 Å². The number of aromatic amines is 2. The third kappa shape index (κ3) is 4.05. The number of nitrogens with one attached hydrogen (secondary N) is 3. The number of rotatable bonds is 3. The number of sulfonamides is 1. The number of carbonyl (C=O) groups excluding carboxylic acids is 1. The van der Waals surface area contributed by atoms with E-state index in [1.54, 1.807) is 39.1 Å². The monoisotopic (exact) mass is 446 g/mol. The van der Waals surface area contributed by atoms with Gasteiger partial charge in [0.05, 0.1) is 10.9 Å². The molecule has 0 saturated carbocycles. The summed E-state index contributed by atoms with van der Waals surface area (Å²) in [6.07, 6.45) is 1.75. The fourth-order valence-electron chi connectivity index (χ4n) is 3.89. The van der Waals surface area contributed by atoms with E-state index in [1.165, 1.54) is 12.1 Å². The molecule has 1 aromatic carbocycles. The van der Waals surface area contributed by atoms with E-state index in [2.05, 4.69) is 15.3 Å². The molecule has 1 aliphatic rings. The second-order valence-corrected chi connectivity index (χ2v) is 10.5. The first-order chi connectivity index (χ1) is 14.6. The Morgan fingerprint density at radius 3 is 2.52 bits per heavy atom. The number of piperidine rings is 1. The van der Waals surface area contributed by atoms with Gasteiger partial charge in [-0.05, 0) is 71.0 Å². The zero-order valence-electron chi connectivity index (χ0n) is 17.7. The van der Waals surface area contributed by atoms with Gasteiger partial charge in [0.1, 0.15) is 11.1 Å². The van der Waals surface area contributed by atoms with Crippen molar-refractivity contribution < 1.29 is 17.9 Å². The lowest BCUT2D eigenvalue weighted by atomic mass is 10.1. The van der Waals surface area contributed by atoms with E-state index in [1.807, 2.05) is 0 Å². The molecule has 0 radical (unpaired) electrons. The molecule has 0 unspecified atom stereocenters. The van der Waals surface area contributed by atoms with Crippen LogP contribution in [-0.4, -0.2) is 53.5 Å². The van der Waals surface area contributed by atoms with Gasteiger partial charge in [-0.3, -0.25) is 4.79 Å². The minimum atomic E-state index is -4.20. The summed E-state index contributed by atoms with van der Waals surface area (Å²) in [6.45, 7) is 6.33. The van der Waals surface area contributed by atoms with Gasteiger partial charge >= 0.3 is 6.09 Å². The summed E-state index contributed by atoms with van der Waals surface area (Å²) in [5, 5.41) is 4.37. The zero-order valence-corrected chi connectivity index (χ0v) is 18.5. The largest absolute Gasteiger partial charge is 0.443 e. The molecule has 0 spiro atoms. The highest BCUT2D eigenvalue weighted by atomic mass is 32.2. The highest BCUT2D eigenvalue weighted by molar-refractivity contribution is 7.89. The molecule has 9 nitrogen and oxygen atoms in total. The standard InChI is InChI=1S/C21H26N4O5S/c1-21(2,3)30-20(27)25(13-6-9-22-10-7-13)31(28,29)14-4-5-17-16(12-14)15-8-11-23-18(15)19(26)24-17/h4-5,8,11-13,22-23H,6-7,9-10H2,1-3H3,(H,24,26). The number of nitrogens with zero attached hydrogens (tertiary/aromatic N) is 1. The Kier molecular flexibility index (Phi) is 5.30. The quantitative estimate of drug-likeness (QED) is 0.568. The van der Waals surface area contributed by atoms with Crippen LogP contribution in [0.25, 0.3) is 21.8 Å². The number of hydrogen-bond acceptors (Lipinski definition) is 6. The van der Waals surface area contributed by atoms with Crippen LogP contribution in [0.4, 0.5) is 4.79 Å². The Hall–Kier alpha value is -2.85. The van der Waals surface area contributed by atoms with Gasteiger partial charge in [0.25, 0.3) is 15.6 Å². The summed E-state index contributed by atoms with van der Waals surface area (Å²) in [5.74, 6) is 0. The molecule has 10 heteroatoms. The van der Waals surface area contributed by atoms with E-state index in [4.69, 9.17) is 4.74 Å². The molecule has 1 aliphatic heterocycles. The summed E-state index contributed by atoms with van der Waals surface area (Å²) in [4.78, 5) is 30.8. The van der Waals surface area contributed by atoms with E-state index in [-0.39, 0.29) is 10.5 Å². The van der Waals surface area contributed by atoms with E-state index in [0.717, 1.165) is 4.31 Å². The average Bonchev–Trinajstić information content (AvgIpc) is 3.18. The second kappa shape index (κ2) is 7.69. The minimum Gasteiger partial charge on any atom is -0.443 e. The number of ether oxygens (including phenoxy) is 1. The van der Waals surface area contributed by atoms with E-state index >= 15 is 0 Å². The van der Waals surface area contributed by atoms with Crippen molar-refractivity contribution in [1.82, 2.24) is 19.6 Å². The van der Waals surface area contributed by atoms with Crippen molar-refractivity contribution in [2.75, 3.05) is 13.1 Å². The summed E-state index contributed by atoms with van der Waals surface area (Å²) in [6, 6.07) is 5.67. The first-order valence-corrected chi connectivity index (χ1v) is 11.6. The molecule has 2 aromatic heterocycles. The Balaban J connectivity index is 1.84. The van der Waals surface area contributed by atoms with Gasteiger partial charge in [-0.25, -0.2) is 13.2 Å². The Morgan fingerprint density at radius 2 is 1.84 bits per heavy atom. The van der Waals surface area contributed by atoms with E-state index in [0.29, 0.717) is 47.7 Å². The Labute approximate surface area is 179 Å². The van der Waals surface area contributed by atoms with Gasteiger partial charge < -0.3 is 20.0 Å². The molecule has 0 bridgehead atoms. The van der Waals surface area contributed by atoms with Crippen molar-refractivity contribution in [3.63, 3.8) is 0 Å². The molecule has 0 atom stereocenters. The maximum atomic E-state index is 13.7. The van der Waals surface area contributed by atoms with Crippen LogP contribution < -0.4 is 10.9 Å². The fraction of sp³-hybridized carbons (Fsp3) is 0.429. The smallest absolute Gasteiger partial charge is 0.424 e. The molecule has 31 heavy (non-hydrogen) atoms. The van der Waals surface area contributed by atoms with Crippen LogP contribution in [0.5, 0.6) is 0 Å². The van der Waals surface area contributed by atoms with Crippen molar-refractivity contribution in [2.24, 2.45) is 0 Å². The number of amides is 1. The lowest BCUT2D eigenvalue weighted by Crippen LogP contribution is -2.50. The first-order valence-electron chi connectivity index (χ1n) is 10.2. The van der Waals surface area contributed by atoms with Crippen molar-refractivity contribution >= 4 is 37.9 Å². The molecular weight excluding hydrogens is 420 g/mol. The van der Waals surface area contributed by atoms with Crippen LogP contribution in [0.1, 0.15) is 33.6 Å². The number of pyridine rings is 1. The van der Waals surface area contributed by atoms with Gasteiger partial charge in [0, 0.05) is 22.5 Å². The van der Waals surface area contributed by atoms with Crippen molar-refractivity contribution in [3.05, 3.63) is 40.8 Å². The predicted molar refractivity (Wildman–Crippen MR) is 118 cm³/mol. The molecule has 4 rings (SSSR count). The number of benzene rings is 1. The SMILES string of the molecule is CC(C)(C)OC(=O)N(C1CCNCC1)S(=O)(=O)c1ccc2[nH]c(=O)c3[nH]ccc3c2c1. The van der Waals surface area contributed by atoms with Gasteiger partial charge in [0.15, 0.2) is 0 Å². The maximum Gasteiger partial charge on any atom is 0.424 e. The van der Waals surface area contributed by atoms with Gasteiger partial charge in [-0.2, -0.15) is 4.31 Å². The third-order valence-corrected chi connectivity index (χ3v) is 7.09. The third-order valence-electron chi connectivity index (χ3n) is 5.27. The fourth-order valence-corrected chi connectivity index (χ4v) is 5.46. The minimum absolute atomic E-state index is 0.0288. The molecule has 1 fully saturated rings. The highest BCUT2D eigenvalue weighted by Gasteiger charge is 2.39. The van der Waals surface area contributed by atoms with Gasteiger partial charge in [-0.1, -0.05) is 0 Å². The number of aromatic nitrogens is 2. The number of hydrogen-bond donors (Lipinski definition) is 3. The number of carbonyl (C=O) groups is 1. The van der Waals surface area contributed by atoms with Gasteiger partial charge in [0.2, 0.25) is 0 Å². The number of fused-ring (bicyclic) bond motifs is 3. The number of H-pyrrole nitrogens is 2. The van der Waals surface area contributed by atoms with Crippen LogP contribution in [0, 0.1) is 0 Å². The van der Waals surface area contributed by atoms with Crippen LogP contribution in [0.3, 0.4) is 0 Å².